The van der Waals surface area contributed by atoms with E-state index in [0.29, 0.717) is 6.10 Å². The van der Waals surface area contributed by atoms with Crippen LogP contribution in [-0.4, -0.2) is 29.1 Å². The highest BCUT2D eigenvalue weighted by atomic mass is 28.4. The van der Waals surface area contributed by atoms with Crippen LogP contribution in [0.2, 0.25) is 6.04 Å². The summed E-state index contributed by atoms with van der Waals surface area (Å²) in [5.74, 6) is 0. The van der Waals surface area contributed by atoms with Gasteiger partial charge in [-0.15, -0.1) is 0 Å². The van der Waals surface area contributed by atoms with Crippen molar-refractivity contribution < 1.29 is 13.3 Å². The van der Waals surface area contributed by atoms with Gasteiger partial charge in [0.05, 0.1) is 0 Å². The molecule has 1 aliphatic rings. The molecule has 1 saturated carbocycles. The van der Waals surface area contributed by atoms with Crippen LogP contribution in [0.3, 0.4) is 0 Å². The van der Waals surface area contributed by atoms with E-state index >= 15 is 0 Å². The largest absolute Gasteiger partial charge is 0.500 e. The van der Waals surface area contributed by atoms with Gasteiger partial charge in [-0.05, 0) is 37.7 Å². The molecule has 2 rings (SSSR count). The molecule has 0 heterocycles. The van der Waals surface area contributed by atoms with Crippen molar-refractivity contribution in [2.24, 2.45) is 0 Å². The predicted molar refractivity (Wildman–Crippen MR) is 124 cm³/mol. The summed E-state index contributed by atoms with van der Waals surface area (Å²) in [6.07, 6.45) is 19.5. The second-order valence-electron chi connectivity index (χ2n) is 8.64. The lowest BCUT2D eigenvalue weighted by molar-refractivity contribution is 0.0444. The highest BCUT2D eigenvalue weighted by molar-refractivity contribution is 6.60. The van der Waals surface area contributed by atoms with Crippen LogP contribution in [0.5, 0.6) is 0 Å². The SMILES string of the molecule is CO[Si](CCCCCCc1ccccc1)(OC)OC1CCCCCCCCCC1. The lowest BCUT2D eigenvalue weighted by atomic mass is 10.1. The van der Waals surface area contributed by atoms with Crippen LogP contribution in [0.15, 0.2) is 30.3 Å². The fourth-order valence-electron chi connectivity index (χ4n) is 4.43. The average Bonchev–Trinajstić information content (AvgIpc) is 2.82. The number of aryl methyl sites for hydroxylation is 1. The van der Waals surface area contributed by atoms with Gasteiger partial charge in [0.1, 0.15) is 0 Å². The molecule has 1 aromatic rings. The maximum Gasteiger partial charge on any atom is 0.500 e. The van der Waals surface area contributed by atoms with Crippen LogP contribution < -0.4 is 0 Å². The lowest BCUT2D eigenvalue weighted by Crippen LogP contribution is -2.46. The van der Waals surface area contributed by atoms with Crippen LogP contribution in [0.4, 0.5) is 0 Å². The van der Waals surface area contributed by atoms with Crippen molar-refractivity contribution >= 4 is 8.80 Å². The zero-order valence-corrected chi connectivity index (χ0v) is 20.0. The smallest absolute Gasteiger partial charge is 0.377 e. The lowest BCUT2D eigenvalue weighted by Gasteiger charge is -2.31. The Kier molecular flexibility index (Phi) is 12.9. The van der Waals surface area contributed by atoms with Crippen molar-refractivity contribution in [3.05, 3.63) is 35.9 Å². The number of hydrogen-bond acceptors (Lipinski definition) is 3. The molecule has 166 valence electrons. The molecule has 3 nitrogen and oxygen atoms in total. The topological polar surface area (TPSA) is 27.7 Å². The molecule has 0 amide bonds. The number of unbranched alkanes of at least 4 members (excludes halogenated alkanes) is 3. The van der Waals surface area contributed by atoms with Gasteiger partial charge in [-0.1, -0.05) is 94.5 Å². The van der Waals surface area contributed by atoms with E-state index in [0.717, 1.165) is 12.5 Å². The highest BCUT2D eigenvalue weighted by Gasteiger charge is 2.40. The Balaban J connectivity index is 1.72. The standard InChI is InChI=1S/C25H44O3Si/c1-26-29(27-2,23-17-10-9-12-18-24-19-13-11-14-20-24)28-25-21-15-7-5-3-4-6-8-16-22-25/h11,13-14,19-20,25H,3-10,12,15-18,21-23H2,1-2H3. The number of hydrogen-bond donors (Lipinski definition) is 0. The zero-order chi connectivity index (χ0) is 20.6. The van der Waals surface area contributed by atoms with Crippen molar-refractivity contribution in [3.63, 3.8) is 0 Å². The Bertz CT molecular complexity index is 492. The average molecular weight is 421 g/mol. The molecule has 0 atom stereocenters. The van der Waals surface area contributed by atoms with E-state index in [2.05, 4.69) is 30.3 Å². The minimum atomic E-state index is -2.54. The molecule has 0 bridgehead atoms. The summed E-state index contributed by atoms with van der Waals surface area (Å²) in [4.78, 5) is 0. The molecular weight excluding hydrogens is 376 g/mol. The quantitative estimate of drug-likeness (QED) is 0.277. The predicted octanol–water partition coefficient (Wildman–Crippen LogP) is 7.32. The molecule has 1 aliphatic carbocycles. The molecule has 1 fully saturated rings. The second-order valence-corrected chi connectivity index (χ2v) is 11.6. The summed E-state index contributed by atoms with van der Waals surface area (Å²) in [5, 5.41) is 0. The Morgan fingerprint density at radius 2 is 1.28 bits per heavy atom. The van der Waals surface area contributed by atoms with Crippen molar-refractivity contribution in [1.82, 2.24) is 0 Å². The van der Waals surface area contributed by atoms with E-state index in [4.69, 9.17) is 13.3 Å². The Hall–Kier alpha value is -0.683. The van der Waals surface area contributed by atoms with Crippen molar-refractivity contribution in [1.29, 1.82) is 0 Å². The van der Waals surface area contributed by atoms with Crippen LogP contribution >= 0.6 is 0 Å². The Morgan fingerprint density at radius 1 is 0.724 bits per heavy atom. The van der Waals surface area contributed by atoms with Gasteiger partial charge in [0, 0.05) is 26.4 Å². The molecule has 0 spiro atoms. The summed E-state index contributed by atoms with van der Waals surface area (Å²) < 4.78 is 18.4. The normalized spacial score (nSPS) is 17.7. The van der Waals surface area contributed by atoms with Crippen LogP contribution in [0, 0.1) is 0 Å². The molecule has 29 heavy (non-hydrogen) atoms. The molecule has 4 heteroatoms. The fraction of sp³-hybridized carbons (Fsp3) is 0.760. The monoisotopic (exact) mass is 420 g/mol. The minimum absolute atomic E-state index is 0.317. The Labute approximate surface area is 180 Å². The summed E-state index contributed by atoms with van der Waals surface area (Å²) in [5.41, 5.74) is 1.44. The molecule has 0 radical (unpaired) electrons. The van der Waals surface area contributed by atoms with E-state index < -0.39 is 8.80 Å². The van der Waals surface area contributed by atoms with E-state index in [1.165, 1.54) is 95.5 Å². The fourth-order valence-corrected chi connectivity index (χ4v) is 6.74. The molecule has 1 aromatic carbocycles. The molecule has 0 unspecified atom stereocenters. The summed E-state index contributed by atoms with van der Waals surface area (Å²) in [6.45, 7) is 0. The first kappa shape index (κ1) is 24.6. The van der Waals surface area contributed by atoms with Crippen molar-refractivity contribution in [2.45, 2.75) is 108 Å². The maximum absolute atomic E-state index is 6.62. The molecular formula is C25H44O3Si. The third kappa shape index (κ3) is 10.3. The van der Waals surface area contributed by atoms with Crippen LogP contribution in [-0.2, 0) is 19.7 Å². The summed E-state index contributed by atoms with van der Waals surface area (Å²) in [6, 6.07) is 11.7. The van der Waals surface area contributed by atoms with Gasteiger partial charge < -0.3 is 13.3 Å². The molecule has 0 saturated heterocycles. The van der Waals surface area contributed by atoms with E-state index in [-0.39, 0.29) is 0 Å². The first-order valence-corrected chi connectivity index (χ1v) is 14.0. The van der Waals surface area contributed by atoms with Gasteiger partial charge in [-0.25, -0.2) is 0 Å². The second kappa shape index (κ2) is 15.2. The summed E-state index contributed by atoms with van der Waals surface area (Å²) in [7, 11) is 1.04. The van der Waals surface area contributed by atoms with Gasteiger partial charge in [-0.3, -0.25) is 0 Å². The highest BCUT2D eigenvalue weighted by Crippen LogP contribution is 2.26. The maximum atomic E-state index is 6.62. The molecule has 0 N–H and O–H groups in total. The van der Waals surface area contributed by atoms with Crippen molar-refractivity contribution in [2.75, 3.05) is 14.2 Å². The van der Waals surface area contributed by atoms with Gasteiger partial charge in [-0.2, -0.15) is 0 Å². The van der Waals surface area contributed by atoms with Crippen LogP contribution in [0.25, 0.3) is 0 Å². The summed E-state index contributed by atoms with van der Waals surface area (Å²) >= 11 is 0. The van der Waals surface area contributed by atoms with E-state index in [1.54, 1.807) is 14.2 Å². The van der Waals surface area contributed by atoms with Gasteiger partial charge in [0.15, 0.2) is 0 Å². The number of rotatable bonds is 11. The third-order valence-corrected chi connectivity index (χ3v) is 9.21. The number of benzene rings is 1. The van der Waals surface area contributed by atoms with Gasteiger partial charge in [0.25, 0.3) is 0 Å². The van der Waals surface area contributed by atoms with E-state index in [9.17, 15) is 0 Å². The third-order valence-electron chi connectivity index (χ3n) is 6.31. The first-order chi connectivity index (χ1) is 14.3. The first-order valence-electron chi connectivity index (χ1n) is 12.1. The zero-order valence-electron chi connectivity index (χ0n) is 19.0. The van der Waals surface area contributed by atoms with Crippen LogP contribution in [0.1, 0.15) is 95.5 Å². The minimum Gasteiger partial charge on any atom is -0.377 e. The molecule has 0 aliphatic heterocycles. The van der Waals surface area contributed by atoms with E-state index in [1.807, 2.05) is 0 Å². The Morgan fingerprint density at radius 3 is 1.86 bits per heavy atom. The molecule has 0 aromatic heterocycles. The van der Waals surface area contributed by atoms with Gasteiger partial charge >= 0.3 is 8.80 Å². The van der Waals surface area contributed by atoms with Gasteiger partial charge in [0.2, 0.25) is 0 Å². The van der Waals surface area contributed by atoms with Crippen molar-refractivity contribution in [3.8, 4) is 0 Å².